The average Bonchev–Trinajstić information content (AvgIpc) is 3.96. The van der Waals surface area contributed by atoms with Crippen molar-refractivity contribution in [2.45, 2.75) is 0 Å². The number of benzene rings is 9. The maximum Gasteiger partial charge on any atom is 0.213 e. The number of fused-ring (bicyclic) bond motifs is 8. The van der Waals surface area contributed by atoms with E-state index in [2.05, 4.69) is 228 Å². The highest BCUT2D eigenvalue weighted by atomic mass is 16.3. The van der Waals surface area contributed by atoms with Crippen molar-refractivity contribution in [2.24, 2.45) is 0 Å². The Labute approximate surface area is 341 Å². The summed E-state index contributed by atoms with van der Waals surface area (Å²) in [5.41, 5.74) is 17.0. The molecule has 0 aliphatic rings. The molecule has 276 valence electrons. The summed E-state index contributed by atoms with van der Waals surface area (Å²) in [6.45, 7) is 0. The molecular formula is C56H36N2O. The number of aromatic nitrogens is 2. The molecule has 3 aromatic heterocycles. The first-order valence-electron chi connectivity index (χ1n) is 20.2. The van der Waals surface area contributed by atoms with E-state index in [1.165, 1.54) is 60.6 Å². The Morgan fingerprint density at radius 3 is 1.39 bits per heavy atom. The smallest absolute Gasteiger partial charge is 0.213 e. The van der Waals surface area contributed by atoms with Gasteiger partial charge in [-0.2, -0.15) is 0 Å². The number of hydrogen-bond acceptors (Lipinski definition) is 1. The fourth-order valence-electron chi connectivity index (χ4n) is 9.13. The molecule has 3 heterocycles. The fraction of sp³-hybridized carbons (Fsp3) is 0. The predicted octanol–water partition coefficient (Wildman–Crippen LogP) is 15.3. The standard InChI is InChI=1S/C56H36N2O/c1-4-14-37(15-5-1)42-26-29-52-48(34-42)49-35-43(38-16-6-2-7-17-38)27-30-53(49)57(52)46-23-13-20-41(33-46)39-18-12-19-40(32-39)44-28-31-54-50(36-44)55-47-24-10-11-25-51(47)58(56(55)59-54)45-21-8-3-9-22-45/h1-36H. The minimum atomic E-state index is 0.868. The monoisotopic (exact) mass is 752 g/mol. The van der Waals surface area contributed by atoms with Crippen LogP contribution in [0.15, 0.2) is 223 Å². The number of rotatable bonds is 6. The molecule has 9 aromatic carbocycles. The van der Waals surface area contributed by atoms with Crippen molar-refractivity contribution < 1.29 is 4.42 Å². The number of nitrogens with zero attached hydrogens (tertiary/aromatic N) is 2. The summed E-state index contributed by atoms with van der Waals surface area (Å²) in [4.78, 5) is 0. The van der Waals surface area contributed by atoms with Crippen molar-refractivity contribution in [2.75, 3.05) is 0 Å². The Morgan fingerprint density at radius 1 is 0.271 bits per heavy atom. The summed E-state index contributed by atoms with van der Waals surface area (Å²) in [6, 6.07) is 78.6. The van der Waals surface area contributed by atoms with Gasteiger partial charge >= 0.3 is 0 Å². The second-order valence-corrected chi connectivity index (χ2v) is 15.3. The lowest BCUT2D eigenvalue weighted by molar-refractivity contribution is 0.645. The molecule has 0 amide bonds. The molecule has 0 saturated carbocycles. The number of para-hydroxylation sites is 2. The number of hydrogen-bond donors (Lipinski definition) is 0. The minimum Gasteiger partial charge on any atom is -0.439 e. The summed E-state index contributed by atoms with van der Waals surface area (Å²) >= 11 is 0. The molecule has 0 saturated heterocycles. The summed E-state index contributed by atoms with van der Waals surface area (Å²) in [5, 5.41) is 5.92. The molecule has 0 aliphatic heterocycles. The van der Waals surface area contributed by atoms with E-state index in [9.17, 15) is 0 Å². The van der Waals surface area contributed by atoms with E-state index in [0.29, 0.717) is 0 Å². The Morgan fingerprint density at radius 2 is 0.729 bits per heavy atom. The topological polar surface area (TPSA) is 23.0 Å². The van der Waals surface area contributed by atoms with Crippen molar-refractivity contribution in [3.63, 3.8) is 0 Å². The zero-order chi connectivity index (χ0) is 38.9. The molecule has 12 aromatic rings. The van der Waals surface area contributed by atoms with Gasteiger partial charge in [0.1, 0.15) is 5.58 Å². The lowest BCUT2D eigenvalue weighted by atomic mass is 9.97. The SMILES string of the molecule is c1ccc(-c2ccc3c(c2)c2cc(-c4ccccc4)ccc2n3-c2cccc(-c3cccc(-c4ccc5oc6c(c5c4)c4ccccc4n6-c4ccccc4)c3)c2)cc1. The highest BCUT2D eigenvalue weighted by Crippen LogP contribution is 2.42. The molecule has 0 N–H and O–H groups in total. The molecule has 0 unspecified atom stereocenters. The van der Waals surface area contributed by atoms with E-state index in [0.717, 1.165) is 50.1 Å². The van der Waals surface area contributed by atoms with Gasteiger partial charge in [-0.05, 0) is 117 Å². The first kappa shape index (κ1) is 33.3. The van der Waals surface area contributed by atoms with Crippen LogP contribution in [0, 0.1) is 0 Å². The Balaban J connectivity index is 0.976. The maximum atomic E-state index is 6.64. The van der Waals surface area contributed by atoms with Crippen LogP contribution in [-0.2, 0) is 0 Å². The van der Waals surface area contributed by atoms with E-state index in [1.54, 1.807) is 0 Å². The maximum absolute atomic E-state index is 6.64. The van der Waals surface area contributed by atoms with Gasteiger partial charge < -0.3 is 8.98 Å². The fourth-order valence-corrected chi connectivity index (χ4v) is 9.13. The van der Waals surface area contributed by atoms with Gasteiger partial charge in [0.05, 0.1) is 21.9 Å². The molecule has 0 bridgehead atoms. The molecule has 0 aliphatic carbocycles. The van der Waals surface area contributed by atoms with Gasteiger partial charge in [0.2, 0.25) is 5.71 Å². The van der Waals surface area contributed by atoms with E-state index in [4.69, 9.17) is 4.42 Å². The Bertz CT molecular complexity index is 3440. The van der Waals surface area contributed by atoms with Gasteiger partial charge in [-0.1, -0.05) is 146 Å². The molecule has 59 heavy (non-hydrogen) atoms. The van der Waals surface area contributed by atoms with Gasteiger partial charge in [-0.3, -0.25) is 4.57 Å². The van der Waals surface area contributed by atoms with Crippen LogP contribution in [0.1, 0.15) is 0 Å². The Kier molecular flexibility index (Phi) is 7.54. The van der Waals surface area contributed by atoms with Crippen LogP contribution >= 0.6 is 0 Å². The first-order chi connectivity index (χ1) is 29.2. The molecule has 0 spiro atoms. The third-order valence-electron chi connectivity index (χ3n) is 11.9. The van der Waals surface area contributed by atoms with Gasteiger partial charge in [-0.15, -0.1) is 0 Å². The molecule has 0 atom stereocenters. The molecular weight excluding hydrogens is 717 g/mol. The third-order valence-corrected chi connectivity index (χ3v) is 11.9. The first-order valence-corrected chi connectivity index (χ1v) is 20.2. The van der Waals surface area contributed by atoms with E-state index in [1.807, 2.05) is 0 Å². The minimum absolute atomic E-state index is 0.868. The summed E-state index contributed by atoms with van der Waals surface area (Å²) in [5.74, 6) is 0. The van der Waals surface area contributed by atoms with E-state index >= 15 is 0 Å². The highest BCUT2D eigenvalue weighted by molar-refractivity contribution is 6.20. The zero-order valence-electron chi connectivity index (χ0n) is 32.1. The van der Waals surface area contributed by atoms with Gasteiger partial charge in [-0.25, -0.2) is 0 Å². The second kappa shape index (κ2) is 13.4. The summed E-state index contributed by atoms with van der Waals surface area (Å²) in [6.07, 6.45) is 0. The van der Waals surface area contributed by atoms with Crippen LogP contribution in [-0.4, -0.2) is 9.13 Å². The quantitative estimate of drug-likeness (QED) is 0.166. The normalized spacial score (nSPS) is 11.7. The Hall–Kier alpha value is -7.88. The van der Waals surface area contributed by atoms with Crippen molar-refractivity contribution in [1.29, 1.82) is 0 Å². The van der Waals surface area contributed by atoms with E-state index in [-0.39, 0.29) is 0 Å². The van der Waals surface area contributed by atoms with Gasteiger partial charge in [0.15, 0.2) is 0 Å². The highest BCUT2D eigenvalue weighted by Gasteiger charge is 2.20. The predicted molar refractivity (Wildman–Crippen MR) is 247 cm³/mol. The van der Waals surface area contributed by atoms with Crippen molar-refractivity contribution in [3.8, 4) is 55.9 Å². The molecule has 0 radical (unpaired) electrons. The lowest BCUT2D eigenvalue weighted by Gasteiger charge is -2.12. The molecule has 12 rings (SSSR count). The van der Waals surface area contributed by atoms with Gasteiger partial charge in [0.25, 0.3) is 0 Å². The molecule has 0 fully saturated rings. The van der Waals surface area contributed by atoms with Crippen LogP contribution in [0.5, 0.6) is 0 Å². The molecule has 3 heteroatoms. The number of furan rings is 1. The lowest BCUT2D eigenvalue weighted by Crippen LogP contribution is -1.94. The largest absolute Gasteiger partial charge is 0.439 e. The van der Waals surface area contributed by atoms with Crippen LogP contribution in [0.2, 0.25) is 0 Å². The van der Waals surface area contributed by atoms with E-state index < -0.39 is 0 Å². The van der Waals surface area contributed by atoms with Crippen molar-refractivity contribution in [1.82, 2.24) is 9.13 Å². The third kappa shape index (κ3) is 5.44. The average molecular weight is 753 g/mol. The van der Waals surface area contributed by atoms with Crippen molar-refractivity contribution in [3.05, 3.63) is 218 Å². The summed E-state index contributed by atoms with van der Waals surface area (Å²) < 4.78 is 11.3. The van der Waals surface area contributed by atoms with Gasteiger partial charge in [0, 0.05) is 32.9 Å². The summed E-state index contributed by atoms with van der Waals surface area (Å²) in [7, 11) is 0. The van der Waals surface area contributed by atoms with Crippen molar-refractivity contribution >= 4 is 54.8 Å². The van der Waals surface area contributed by atoms with Crippen LogP contribution < -0.4 is 0 Å². The second-order valence-electron chi connectivity index (χ2n) is 15.3. The zero-order valence-corrected chi connectivity index (χ0v) is 32.1. The van der Waals surface area contributed by atoms with Crippen LogP contribution in [0.25, 0.3) is 111 Å². The van der Waals surface area contributed by atoms with Crippen LogP contribution in [0.3, 0.4) is 0 Å². The van der Waals surface area contributed by atoms with Crippen LogP contribution in [0.4, 0.5) is 0 Å². The molecule has 3 nitrogen and oxygen atoms in total.